The van der Waals surface area contributed by atoms with Crippen LogP contribution in [-0.2, 0) is 17.6 Å². The van der Waals surface area contributed by atoms with Gasteiger partial charge in [-0.2, -0.15) is 10.5 Å². The van der Waals surface area contributed by atoms with E-state index < -0.39 is 12.2 Å². The molecule has 2 atom stereocenters. The van der Waals surface area contributed by atoms with E-state index in [4.69, 9.17) is 24.7 Å². The Balaban J connectivity index is 1.19. The zero-order valence-corrected chi connectivity index (χ0v) is 36.1. The first-order chi connectivity index (χ1) is 30.1. The predicted molar refractivity (Wildman–Crippen MR) is 245 cm³/mol. The van der Waals surface area contributed by atoms with Gasteiger partial charge in [-0.15, -0.1) is 0 Å². The first kappa shape index (κ1) is 44.5. The van der Waals surface area contributed by atoms with Crippen LogP contribution >= 0.6 is 0 Å². The van der Waals surface area contributed by atoms with E-state index in [9.17, 15) is 10.5 Å². The molecule has 7 nitrogen and oxygen atoms in total. The average Bonchev–Trinajstić information content (AvgIpc) is 3.32. The van der Waals surface area contributed by atoms with Crippen LogP contribution in [0.1, 0.15) is 160 Å². The van der Waals surface area contributed by atoms with Gasteiger partial charge in [-0.3, -0.25) is 0 Å². The maximum Gasteiger partial charge on any atom is 0.159 e. The van der Waals surface area contributed by atoms with Gasteiger partial charge in [0, 0.05) is 35.9 Å². The van der Waals surface area contributed by atoms with Gasteiger partial charge in [0.25, 0.3) is 0 Å². The highest BCUT2D eigenvalue weighted by Crippen LogP contribution is 2.37. The van der Waals surface area contributed by atoms with Crippen molar-refractivity contribution in [2.75, 3.05) is 0 Å². The molecule has 2 heterocycles. The lowest BCUT2D eigenvalue weighted by atomic mass is 9.96. The van der Waals surface area contributed by atoms with E-state index in [1.807, 2.05) is 97.6 Å². The zero-order chi connectivity index (χ0) is 42.5. The van der Waals surface area contributed by atoms with Crippen molar-refractivity contribution in [2.45, 2.75) is 129 Å². The molecule has 0 aliphatic carbocycles. The number of rotatable bonds is 24. The van der Waals surface area contributed by atoms with E-state index in [2.05, 4.69) is 50.3 Å². The van der Waals surface area contributed by atoms with E-state index in [0.717, 1.165) is 59.1 Å². The van der Waals surface area contributed by atoms with Gasteiger partial charge in [0.2, 0.25) is 0 Å². The lowest BCUT2D eigenvalue weighted by Crippen LogP contribution is -2.13. The molecular formula is C54H60N6O. The third-order valence-electron chi connectivity index (χ3n) is 11.4. The van der Waals surface area contributed by atoms with Crippen LogP contribution in [0.25, 0.3) is 22.8 Å². The Morgan fingerprint density at radius 3 is 1.02 bits per heavy atom. The second kappa shape index (κ2) is 24.3. The monoisotopic (exact) mass is 808 g/mol. The smallest absolute Gasteiger partial charge is 0.159 e. The topological polar surface area (TPSA) is 108 Å². The van der Waals surface area contributed by atoms with Crippen LogP contribution in [0.15, 0.2) is 122 Å². The Hall–Kier alpha value is -6.02. The standard InChI is InChI=1S/C54H60N6O/c1-3-5-7-9-11-13-15-17-43-37-57-53(58-38-43)49-31-27-47(28-32-49)51(45-23-19-41(35-55)20-24-45)61-52(46-25-21-42(36-56)22-26-46)48-29-33-50(34-30-48)54-59-39-44(40-60-54)18-16-14-12-10-8-6-4-2/h19-34,37-40,51-52H,3-18H2,1-2H3. The predicted octanol–water partition coefficient (Wildman–Crippen LogP) is 13.8. The van der Waals surface area contributed by atoms with Gasteiger partial charge in [-0.05, 0) is 83.3 Å². The van der Waals surface area contributed by atoms with Crippen LogP contribution in [-0.4, -0.2) is 19.9 Å². The molecule has 2 aromatic heterocycles. The molecule has 0 saturated heterocycles. The first-order valence-electron chi connectivity index (χ1n) is 22.6. The third kappa shape index (κ3) is 13.5. The summed E-state index contributed by atoms with van der Waals surface area (Å²) in [4.78, 5) is 18.9. The largest absolute Gasteiger partial charge is 0.356 e. The minimum Gasteiger partial charge on any atom is -0.356 e. The van der Waals surface area contributed by atoms with Gasteiger partial charge < -0.3 is 4.74 Å². The molecule has 0 bridgehead atoms. The van der Waals surface area contributed by atoms with E-state index in [-0.39, 0.29) is 0 Å². The van der Waals surface area contributed by atoms with Crippen molar-refractivity contribution in [3.8, 4) is 34.9 Å². The fourth-order valence-electron chi connectivity index (χ4n) is 7.75. The van der Waals surface area contributed by atoms with Crippen LogP contribution < -0.4 is 0 Å². The van der Waals surface area contributed by atoms with Crippen LogP contribution in [0, 0.1) is 22.7 Å². The first-order valence-corrected chi connectivity index (χ1v) is 22.6. The molecule has 312 valence electrons. The van der Waals surface area contributed by atoms with Gasteiger partial charge in [0.05, 0.1) is 23.3 Å². The van der Waals surface area contributed by atoms with Crippen molar-refractivity contribution >= 4 is 0 Å². The summed E-state index contributed by atoms with van der Waals surface area (Å²) in [6.07, 6.45) is 26.8. The molecule has 0 saturated carbocycles. The zero-order valence-electron chi connectivity index (χ0n) is 36.1. The maximum absolute atomic E-state index is 9.58. The van der Waals surface area contributed by atoms with Gasteiger partial charge in [0.1, 0.15) is 12.2 Å². The highest BCUT2D eigenvalue weighted by Gasteiger charge is 2.24. The van der Waals surface area contributed by atoms with Gasteiger partial charge >= 0.3 is 0 Å². The summed E-state index contributed by atoms with van der Waals surface area (Å²) in [7, 11) is 0. The van der Waals surface area contributed by atoms with Gasteiger partial charge in [-0.25, -0.2) is 19.9 Å². The summed E-state index contributed by atoms with van der Waals surface area (Å²) in [5.74, 6) is 1.38. The van der Waals surface area contributed by atoms with Crippen LogP contribution in [0.4, 0.5) is 0 Å². The molecule has 7 heteroatoms. The highest BCUT2D eigenvalue weighted by atomic mass is 16.5. The van der Waals surface area contributed by atoms with Crippen LogP contribution in [0.5, 0.6) is 0 Å². The van der Waals surface area contributed by atoms with E-state index in [1.165, 1.54) is 88.2 Å². The summed E-state index contributed by atoms with van der Waals surface area (Å²) in [6, 6.07) is 36.1. The molecule has 0 amide bonds. The quantitative estimate of drug-likeness (QED) is 0.0560. The fourth-order valence-corrected chi connectivity index (χ4v) is 7.75. The van der Waals surface area contributed by atoms with E-state index >= 15 is 0 Å². The molecule has 61 heavy (non-hydrogen) atoms. The number of benzene rings is 4. The number of hydrogen-bond acceptors (Lipinski definition) is 7. The number of unbranched alkanes of at least 4 members (excludes halogenated alkanes) is 12. The number of aryl methyl sites for hydroxylation is 2. The molecule has 4 aromatic carbocycles. The minimum absolute atomic E-state index is 0.486. The normalized spacial score (nSPS) is 12.1. The minimum atomic E-state index is -0.486. The van der Waals surface area contributed by atoms with Crippen molar-refractivity contribution < 1.29 is 4.74 Å². The van der Waals surface area contributed by atoms with Crippen LogP contribution in [0.2, 0.25) is 0 Å². The summed E-state index contributed by atoms with van der Waals surface area (Å²) in [5.41, 5.74) is 9.09. The lowest BCUT2D eigenvalue weighted by Gasteiger charge is -2.27. The van der Waals surface area contributed by atoms with Crippen molar-refractivity contribution in [3.63, 3.8) is 0 Å². The molecule has 2 unspecified atom stereocenters. The molecule has 0 aliphatic rings. The number of nitriles is 2. The number of nitrogens with zero attached hydrogens (tertiary/aromatic N) is 6. The Bertz CT molecular complexity index is 2090. The number of hydrogen-bond donors (Lipinski definition) is 0. The van der Waals surface area contributed by atoms with Crippen molar-refractivity contribution in [1.82, 2.24) is 19.9 Å². The Labute approximate surface area is 364 Å². The summed E-state index contributed by atoms with van der Waals surface area (Å²) in [5, 5.41) is 19.2. The second-order valence-corrected chi connectivity index (χ2v) is 16.2. The molecule has 0 spiro atoms. The van der Waals surface area contributed by atoms with E-state index in [1.54, 1.807) is 0 Å². The Kier molecular flexibility index (Phi) is 17.7. The Morgan fingerprint density at radius 1 is 0.410 bits per heavy atom. The van der Waals surface area contributed by atoms with Crippen molar-refractivity contribution in [1.29, 1.82) is 10.5 Å². The molecular weight excluding hydrogens is 749 g/mol. The molecule has 0 N–H and O–H groups in total. The fraction of sp³-hybridized carbons (Fsp3) is 0.370. The average molecular weight is 809 g/mol. The summed E-state index contributed by atoms with van der Waals surface area (Å²) >= 11 is 0. The van der Waals surface area contributed by atoms with Gasteiger partial charge in [-0.1, -0.05) is 164 Å². The van der Waals surface area contributed by atoms with Crippen molar-refractivity contribution in [3.05, 3.63) is 166 Å². The lowest BCUT2D eigenvalue weighted by molar-refractivity contribution is 0.0308. The second-order valence-electron chi connectivity index (χ2n) is 16.2. The van der Waals surface area contributed by atoms with Crippen molar-refractivity contribution in [2.24, 2.45) is 0 Å². The Morgan fingerprint density at radius 2 is 0.705 bits per heavy atom. The maximum atomic E-state index is 9.58. The highest BCUT2D eigenvalue weighted by molar-refractivity contribution is 5.57. The molecule has 6 aromatic rings. The summed E-state index contributed by atoms with van der Waals surface area (Å²) < 4.78 is 7.18. The summed E-state index contributed by atoms with van der Waals surface area (Å²) in [6.45, 7) is 4.51. The van der Waals surface area contributed by atoms with Crippen LogP contribution in [0.3, 0.4) is 0 Å². The molecule has 0 aliphatic heterocycles. The number of aromatic nitrogens is 4. The van der Waals surface area contributed by atoms with Gasteiger partial charge in [0.15, 0.2) is 11.6 Å². The van der Waals surface area contributed by atoms with E-state index in [0.29, 0.717) is 22.8 Å². The third-order valence-corrected chi connectivity index (χ3v) is 11.4. The SMILES string of the molecule is CCCCCCCCCc1cnc(-c2ccc(C(OC(c3ccc(C#N)cc3)c3ccc(-c4ncc(CCCCCCCCC)cn4)cc3)c3ccc(C#N)cc3)cc2)nc1. The number of ether oxygens (including phenoxy) is 1. The molecule has 0 radical (unpaired) electrons. The molecule has 0 fully saturated rings. The molecule has 6 rings (SSSR count).